The second-order valence-corrected chi connectivity index (χ2v) is 6.63. The van der Waals surface area contributed by atoms with Gasteiger partial charge in [0.15, 0.2) is 0 Å². The third-order valence-corrected chi connectivity index (χ3v) is 4.39. The molecular formula is C18H15Cl2N3O4. The number of nitrogens with zero attached hydrogens (tertiary/aromatic N) is 1. The van der Waals surface area contributed by atoms with Gasteiger partial charge in [-0.15, -0.1) is 0 Å². The third-order valence-electron chi connectivity index (χ3n) is 3.96. The largest absolute Gasteiger partial charge is 0.497 e. The molecule has 1 aliphatic heterocycles. The van der Waals surface area contributed by atoms with Crippen molar-refractivity contribution in [2.45, 2.75) is 0 Å². The predicted octanol–water partition coefficient (Wildman–Crippen LogP) is 3.31. The molecule has 1 fully saturated rings. The van der Waals surface area contributed by atoms with Crippen LogP contribution in [0.1, 0.15) is 0 Å². The molecule has 0 aliphatic carbocycles. The second-order valence-electron chi connectivity index (χ2n) is 5.76. The highest BCUT2D eigenvalue weighted by Crippen LogP contribution is 2.25. The van der Waals surface area contributed by atoms with Gasteiger partial charge < -0.3 is 15.4 Å². The van der Waals surface area contributed by atoms with Crippen LogP contribution in [0.25, 0.3) is 0 Å². The van der Waals surface area contributed by atoms with Gasteiger partial charge in [-0.05, 0) is 42.5 Å². The van der Waals surface area contributed by atoms with Crippen LogP contribution >= 0.6 is 23.2 Å². The zero-order chi connectivity index (χ0) is 19.6. The van der Waals surface area contributed by atoms with Gasteiger partial charge >= 0.3 is 6.03 Å². The lowest BCUT2D eigenvalue weighted by Gasteiger charge is -2.30. The maximum Gasteiger partial charge on any atom is 0.328 e. The van der Waals surface area contributed by atoms with Crippen molar-refractivity contribution >= 4 is 52.4 Å². The number of hydrogen-bond donors (Lipinski definition) is 2. The lowest BCUT2D eigenvalue weighted by Crippen LogP contribution is -2.58. The summed E-state index contributed by atoms with van der Waals surface area (Å²) in [6, 6.07) is 10.3. The number of anilines is 2. The molecule has 1 saturated heterocycles. The fourth-order valence-corrected chi connectivity index (χ4v) is 3.17. The maximum absolute atomic E-state index is 12.8. The predicted molar refractivity (Wildman–Crippen MR) is 102 cm³/mol. The van der Waals surface area contributed by atoms with Gasteiger partial charge in [-0.1, -0.05) is 23.2 Å². The first-order valence-electron chi connectivity index (χ1n) is 7.92. The highest BCUT2D eigenvalue weighted by Gasteiger charge is 2.39. The average Bonchev–Trinajstić information content (AvgIpc) is 2.61. The molecule has 4 amide bonds. The molecule has 0 bridgehead atoms. The van der Waals surface area contributed by atoms with E-state index in [1.807, 2.05) is 0 Å². The summed E-state index contributed by atoms with van der Waals surface area (Å²) in [4.78, 5) is 38.4. The first kappa shape index (κ1) is 19.0. The number of urea groups is 1. The van der Waals surface area contributed by atoms with E-state index >= 15 is 0 Å². The molecule has 1 heterocycles. The van der Waals surface area contributed by atoms with E-state index in [1.165, 1.54) is 25.3 Å². The van der Waals surface area contributed by atoms with Gasteiger partial charge in [-0.25, -0.2) is 9.69 Å². The Bertz CT molecular complexity index is 882. The highest BCUT2D eigenvalue weighted by atomic mass is 35.5. The highest BCUT2D eigenvalue weighted by molar-refractivity contribution is 6.35. The summed E-state index contributed by atoms with van der Waals surface area (Å²) in [6.45, 7) is -0.107. The van der Waals surface area contributed by atoms with E-state index in [4.69, 9.17) is 27.9 Å². The number of rotatable bonds is 4. The quantitative estimate of drug-likeness (QED) is 0.760. The van der Waals surface area contributed by atoms with Crippen molar-refractivity contribution in [3.63, 3.8) is 0 Å². The van der Waals surface area contributed by atoms with Crippen molar-refractivity contribution < 1.29 is 19.1 Å². The summed E-state index contributed by atoms with van der Waals surface area (Å²) in [5.41, 5.74) is 0.694. The van der Waals surface area contributed by atoms with Gasteiger partial charge in [0.1, 0.15) is 11.7 Å². The van der Waals surface area contributed by atoms with Crippen molar-refractivity contribution in [1.82, 2.24) is 5.32 Å². The second kappa shape index (κ2) is 7.85. The molecule has 0 spiro atoms. The van der Waals surface area contributed by atoms with Gasteiger partial charge in [-0.3, -0.25) is 9.59 Å². The molecular weight excluding hydrogens is 393 g/mol. The van der Waals surface area contributed by atoms with E-state index in [-0.39, 0.29) is 6.54 Å². The van der Waals surface area contributed by atoms with E-state index in [0.29, 0.717) is 27.2 Å². The van der Waals surface area contributed by atoms with Crippen LogP contribution in [0.2, 0.25) is 10.0 Å². The SMILES string of the molecule is COc1ccc(N2C(=O)NCC(C(=O)Nc3cc(Cl)cc(Cl)c3)C2=O)cc1. The molecule has 9 heteroatoms. The number of benzene rings is 2. The topological polar surface area (TPSA) is 87.7 Å². The summed E-state index contributed by atoms with van der Waals surface area (Å²) in [5, 5.41) is 5.85. The number of nitrogens with one attached hydrogen (secondary N) is 2. The fraction of sp³-hybridized carbons (Fsp3) is 0.167. The minimum Gasteiger partial charge on any atom is -0.497 e. The standard InChI is InChI=1S/C18H15Cl2N3O4/c1-27-14-4-2-13(3-5-14)23-17(25)15(9-21-18(23)26)16(24)22-12-7-10(19)6-11(20)8-12/h2-8,15H,9H2,1H3,(H,21,26)(H,22,24). The summed E-state index contributed by atoms with van der Waals surface area (Å²) >= 11 is 11.8. The Hall–Kier alpha value is -2.77. The number of carbonyl (C=O) groups is 3. The monoisotopic (exact) mass is 407 g/mol. The van der Waals surface area contributed by atoms with Gasteiger partial charge in [0.2, 0.25) is 11.8 Å². The van der Waals surface area contributed by atoms with Crippen LogP contribution in [0.15, 0.2) is 42.5 Å². The lowest BCUT2D eigenvalue weighted by molar-refractivity contribution is -0.130. The van der Waals surface area contributed by atoms with Crippen molar-refractivity contribution in [3.05, 3.63) is 52.5 Å². The number of amides is 4. The third kappa shape index (κ3) is 4.15. The van der Waals surface area contributed by atoms with Gasteiger partial charge in [-0.2, -0.15) is 0 Å². The molecule has 2 N–H and O–H groups in total. The summed E-state index contributed by atoms with van der Waals surface area (Å²) in [6.07, 6.45) is 0. The Morgan fingerprint density at radius 3 is 2.37 bits per heavy atom. The van der Waals surface area contributed by atoms with E-state index in [2.05, 4.69) is 10.6 Å². The maximum atomic E-state index is 12.8. The van der Waals surface area contributed by atoms with Gasteiger partial charge in [0, 0.05) is 22.3 Å². The molecule has 7 nitrogen and oxygen atoms in total. The van der Waals surface area contributed by atoms with E-state index in [9.17, 15) is 14.4 Å². The zero-order valence-corrected chi connectivity index (χ0v) is 15.7. The number of carbonyl (C=O) groups excluding carboxylic acids is 3. The lowest BCUT2D eigenvalue weighted by atomic mass is 10.0. The molecule has 0 aromatic heterocycles. The molecule has 1 aliphatic rings. The number of halogens is 2. The minimum absolute atomic E-state index is 0.107. The molecule has 27 heavy (non-hydrogen) atoms. The molecule has 2 aromatic carbocycles. The first-order valence-corrected chi connectivity index (χ1v) is 8.67. The van der Waals surface area contributed by atoms with Crippen molar-refractivity contribution in [3.8, 4) is 5.75 Å². The number of methoxy groups -OCH3 is 1. The summed E-state index contributed by atoms with van der Waals surface area (Å²) < 4.78 is 5.07. The van der Waals surface area contributed by atoms with Crippen LogP contribution in [0, 0.1) is 5.92 Å². The van der Waals surface area contributed by atoms with Crippen molar-refractivity contribution in [2.75, 3.05) is 23.9 Å². The minimum atomic E-state index is -1.09. The Morgan fingerprint density at radius 1 is 1.15 bits per heavy atom. The van der Waals surface area contributed by atoms with Gasteiger partial charge in [0.05, 0.1) is 12.8 Å². The average molecular weight is 408 g/mol. The van der Waals surface area contributed by atoms with Crippen LogP contribution in [0.5, 0.6) is 5.75 Å². The molecule has 2 aromatic rings. The van der Waals surface area contributed by atoms with E-state index < -0.39 is 23.8 Å². The number of hydrogen-bond acceptors (Lipinski definition) is 4. The Kier molecular flexibility index (Phi) is 5.53. The van der Waals surface area contributed by atoms with E-state index in [0.717, 1.165) is 4.90 Å². The van der Waals surface area contributed by atoms with Crippen molar-refractivity contribution in [2.24, 2.45) is 5.92 Å². The smallest absolute Gasteiger partial charge is 0.328 e. The molecule has 0 saturated carbocycles. The normalized spacial score (nSPS) is 16.7. The molecule has 1 atom stereocenters. The summed E-state index contributed by atoms with van der Waals surface area (Å²) in [5.74, 6) is -1.72. The van der Waals surface area contributed by atoms with Crippen LogP contribution in [0.3, 0.4) is 0 Å². The Morgan fingerprint density at radius 2 is 1.78 bits per heavy atom. The molecule has 140 valence electrons. The first-order chi connectivity index (χ1) is 12.9. The van der Waals surface area contributed by atoms with Crippen LogP contribution < -0.4 is 20.3 Å². The zero-order valence-electron chi connectivity index (χ0n) is 14.2. The summed E-state index contributed by atoms with van der Waals surface area (Å²) in [7, 11) is 1.51. The fourth-order valence-electron chi connectivity index (χ4n) is 2.65. The van der Waals surface area contributed by atoms with Crippen LogP contribution in [-0.4, -0.2) is 31.5 Å². The molecule has 3 rings (SSSR count). The van der Waals surface area contributed by atoms with Gasteiger partial charge in [0.25, 0.3) is 0 Å². The van der Waals surface area contributed by atoms with Crippen LogP contribution in [0.4, 0.5) is 16.2 Å². The number of imide groups is 1. The molecule has 0 radical (unpaired) electrons. The number of ether oxygens (including phenoxy) is 1. The Balaban J connectivity index is 1.80. The Labute approximate surface area is 165 Å². The van der Waals surface area contributed by atoms with E-state index in [1.54, 1.807) is 24.3 Å². The van der Waals surface area contributed by atoms with Crippen molar-refractivity contribution in [1.29, 1.82) is 0 Å². The van der Waals surface area contributed by atoms with Crippen LogP contribution in [-0.2, 0) is 9.59 Å². The molecule has 1 unspecified atom stereocenters.